The van der Waals surface area contributed by atoms with Crippen LogP contribution in [0.1, 0.15) is 20.3 Å². The highest BCUT2D eigenvalue weighted by Gasteiger charge is 2.12. The van der Waals surface area contributed by atoms with Crippen molar-refractivity contribution in [2.75, 3.05) is 13.6 Å². The van der Waals surface area contributed by atoms with Crippen molar-refractivity contribution in [1.29, 1.82) is 0 Å². The molecular weight excluding hydrogens is 112 g/mol. The smallest absolute Gasteiger partial charge is 0.0424 e. The number of hydrazone groups is 1. The lowest BCUT2D eigenvalue weighted by Crippen LogP contribution is -2.04. The number of hydrogen-bond acceptors (Lipinski definition) is 2. The van der Waals surface area contributed by atoms with Gasteiger partial charge in [-0.25, -0.2) is 0 Å². The maximum atomic E-state index is 4.34. The van der Waals surface area contributed by atoms with E-state index >= 15 is 0 Å². The van der Waals surface area contributed by atoms with Crippen molar-refractivity contribution in [3.63, 3.8) is 0 Å². The molecule has 1 aliphatic heterocycles. The van der Waals surface area contributed by atoms with E-state index in [0.29, 0.717) is 5.92 Å². The molecule has 2 nitrogen and oxygen atoms in total. The second-order valence-corrected chi connectivity index (χ2v) is 2.88. The van der Waals surface area contributed by atoms with Crippen LogP contribution in [-0.4, -0.2) is 24.3 Å². The van der Waals surface area contributed by atoms with E-state index in [2.05, 4.69) is 18.9 Å². The van der Waals surface area contributed by atoms with Gasteiger partial charge in [0.2, 0.25) is 0 Å². The van der Waals surface area contributed by atoms with Crippen LogP contribution >= 0.6 is 0 Å². The molecule has 0 atom stereocenters. The van der Waals surface area contributed by atoms with Crippen molar-refractivity contribution >= 4 is 5.71 Å². The van der Waals surface area contributed by atoms with Gasteiger partial charge in [-0.3, -0.25) is 5.01 Å². The second kappa shape index (κ2) is 2.38. The molecule has 0 saturated heterocycles. The standard InChI is InChI=1S/C7H14N2/c1-6(2)7-4-5-9(3)8-7/h6H,4-5H2,1-3H3. The van der Waals surface area contributed by atoms with E-state index in [1.54, 1.807) is 0 Å². The molecule has 0 aromatic carbocycles. The average Bonchev–Trinajstić information content (AvgIpc) is 2.14. The average molecular weight is 126 g/mol. The summed E-state index contributed by atoms with van der Waals surface area (Å²) >= 11 is 0. The van der Waals surface area contributed by atoms with Crippen molar-refractivity contribution in [3.05, 3.63) is 0 Å². The molecule has 0 aliphatic carbocycles. The third kappa shape index (κ3) is 1.44. The fraction of sp³-hybridized carbons (Fsp3) is 0.857. The summed E-state index contributed by atoms with van der Waals surface area (Å²) in [4.78, 5) is 0. The van der Waals surface area contributed by atoms with Gasteiger partial charge >= 0.3 is 0 Å². The predicted octanol–water partition coefficient (Wildman–Crippen LogP) is 1.33. The van der Waals surface area contributed by atoms with Gasteiger partial charge in [0, 0.05) is 25.7 Å². The molecule has 0 aromatic heterocycles. The summed E-state index contributed by atoms with van der Waals surface area (Å²) in [6.45, 7) is 5.49. The third-order valence-electron chi connectivity index (χ3n) is 1.66. The minimum atomic E-state index is 0.634. The largest absolute Gasteiger partial charge is 0.300 e. The Hall–Kier alpha value is -0.530. The van der Waals surface area contributed by atoms with Crippen molar-refractivity contribution in [2.24, 2.45) is 11.0 Å². The molecule has 9 heavy (non-hydrogen) atoms. The van der Waals surface area contributed by atoms with E-state index in [-0.39, 0.29) is 0 Å². The van der Waals surface area contributed by atoms with Crippen LogP contribution in [-0.2, 0) is 0 Å². The van der Waals surface area contributed by atoms with Gasteiger partial charge in [-0.1, -0.05) is 13.8 Å². The van der Waals surface area contributed by atoms with Gasteiger partial charge in [-0.05, 0) is 5.92 Å². The molecule has 0 fully saturated rings. The molecule has 52 valence electrons. The Balaban J connectivity index is 2.52. The van der Waals surface area contributed by atoms with E-state index in [1.165, 1.54) is 5.71 Å². The number of rotatable bonds is 1. The summed E-state index contributed by atoms with van der Waals surface area (Å²) in [6.07, 6.45) is 1.16. The lowest BCUT2D eigenvalue weighted by atomic mass is 10.1. The van der Waals surface area contributed by atoms with Gasteiger partial charge in [0.15, 0.2) is 0 Å². The van der Waals surface area contributed by atoms with Gasteiger partial charge in [0.1, 0.15) is 0 Å². The summed E-state index contributed by atoms with van der Waals surface area (Å²) < 4.78 is 0. The van der Waals surface area contributed by atoms with Crippen LogP contribution in [0.2, 0.25) is 0 Å². The fourth-order valence-electron chi connectivity index (χ4n) is 1.000. The Bertz CT molecular complexity index is 127. The van der Waals surface area contributed by atoms with E-state index in [4.69, 9.17) is 0 Å². The molecule has 0 unspecified atom stereocenters. The van der Waals surface area contributed by atoms with Crippen LogP contribution in [0.4, 0.5) is 0 Å². The van der Waals surface area contributed by atoms with Crippen molar-refractivity contribution in [1.82, 2.24) is 5.01 Å². The van der Waals surface area contributed by atoms with Gasteiger partial charge in [-0.15, -0.1) is 0 Å². The van der Waals surface area contributed by atoms with Crippen molar-refractivity contribution < 1.29 is 0 Å². The number of nitrogens with zero attached hydrogens (tertiary/aromatic N) is 2. The monoisotopic (exact) mass is 126 g/mol. The van der Waals surface area contributed by atoms with E-state index in [0.717, 1.165) is 13.0 Å². The summed E-state index contributed by atoms with van der Waals surface area (Å²) in [5, 5.41) is 6.35. The highest BCUT2D eigenvalue weighted by Crippen LogP contribution is 2.09. The summed E-state index contributed by atoms with van der Waals surface area (Å²) in [6, 6.07) is 0. The molecule has 0 bridgehead atoms. The quantitative estimate of drug-likeness (QED) is 0.517. The molecule has 1 rings (SSSR count). The normalized spacial score (nSPS) is 19.1. The maximum Gasteiger partial charge on any atom is 0.0424 e. The Morgan fingerprint density at radius 2 is 2.22 bits per heavy atom. The van der Waals surface area contributed by atoms with Gasteiger partial charge in [0.05, 0.1) is 0 Å². The summed E-state index contributed by atoms with van der Waals surface area (Å²) in [5.41, 5.74) is 1.34. The van der Waals surface area contributed by atoms with Crippen LogP contribution in [0.5, 0.6) is 0 Å². The van der Waals surface area contributed by atoms with Gasteiger partial charge in [-0.2, -0.15) is 5.10 Å². The zero-order valence-electron chi connectivity index (χ0n) is 6.39. The van der Waals surface area contributed by atoms with Gasteiger partial charge < -0.3 is 0 Å². The SMILES string of the molecule is CC(C)C1=NN(C)CC1. The maximum absolute atomic E-state index is 4.34. The Labute approximate surface area is 56.5 Å². The van der Waals surface area contributed by atoms with Crippen LogP contribution in [0, 0.1) is 5.92 Å². The highest BCUT2D eigenvalue weighted by atomic mass is 15.5. The minimum Gasteiger partial charge on any atom is -0.300 e. The van der Waals surface area contributed by atoms with Crippen molar-refractivity contribution in [3.8, 4) is 0 Å². The lowest BCUT2D eigenvalue weighted by Gasteiger charge is -2.02. The molecule has 1 aliphatic rings. The molecule has 0 spiro atoms. The molecule has 2 heteroatoms. The Morgan fingerprint density at radius 3 is 2.44 bits per heavy atom. The molecule has 0 saturated carbocycles. The van der Waals surface area contributed by atoms with Gasteiger partial charge in [0.25, 0.3) is 0 Å². The van der Waals surface area contributed by atoms with Crippen LogP contribution in [0.15, 0.2) is 5.10 Å². The second-order valence-electron chi connectivity index (χ2n) is 2.88. The predicted molar refractivity (Wildman–Crippen MR) is 39.5 cm³/mol. The van der Waals surface area contributed by atoms with Crippen LogP contribution in [0.3, 0.4) is 0 Å². The highest BCUT2D eigenvalue weighted by molar-refractivity contribution is 5.87. The van der Waals surface area contributed by atoms with Crippen LogP contribution in [0.25, 0.3) is 0 Å². The fourth-order valence-corrected chi connectivity index (χ4v) is 1.000. The first-order valence-electron chi connectivity index (χ1n) is 3.48. The first-order valence-corrected chi connectivity index (χ1v) is 3.48. The molecule has 0 N–H and O–H groups in total. The van der Waals surface area contributed by atoms with Crippen LogP contribution < -0.4 is 0 Å². The summed E-state index contributed by atoms with van der Waals surface area (Å²) in [7, 11) is 2.02. The zero-order chi connectivity index (χ0) is 6.85. The number of hydrogen-bond donors (Lipinski definition) is 0. The third-order valence-corrected chi connectivity index (χ3v) is 1.66. The molecular formula is C7H14N2. The first-order chi connectivity index (χ1) is 4.20. The summed E-state index contributed by atoms with van der Waals surface area (Å²) in [5.74, 6) is 0.634. The minimum absolute atomic E-state index is 0.634. The molecule has 0 amide bonds. The van der Waals surface area contributed by atoms with E-state index < -0.39 is 0 Å². The Kier molecular flexibility index (Phi) is 1.74. The lowest BCUT2D eigenvalue weighted by molar-refractivity contribution is 0.392. The van der Waals surface area contributed by atoms with E-state index in [9.17, 15) is 0 Å². The van der Waals surface area contributed by atoms with Crippen molar-refractivity contribution in [2.45, 2.75) is 20.3 Å². The first kappa shape index (κ1) is 6.59. The van der Waals surface area contributed by atoms with E-state index in [1.807, 2.05) is 12.1 Å². The molecule has 0 aromatic rings. The molecule has 1 heterocycles. The Morgan fingerprint density at radius 1 is 1.56 bits per heavy atom. The zero-order valence-corrected chi connectivity index (χ0v) is 6.39. The topological polar surface area (TPSA) is 15.6 Å². The molecule has 0 radical (unpaired) electrons.